The van der Waals surface area contributed by atoms with E-state index in [1.54, 1.807) is 0 Å². The first-order valence-corrected chi connectivity index (χ1v) is 6.60. The number of aryl methyl sites for hydroxylation is 1. The van der Waals surface area contributed by atoms with E-state index in [4.69, 9.17) is 4.74 Å². The van der Waals surface area contributed by atoms with Crippen LogP contribution in [0.25, 0.3) is 0 Å². The van der Waals surface area contributed by atoms with Gasteiger partial charge in [-0.1, -0.05) is 20.3 Å². The first kappa shape index (κ1) is 14.0. The number of imidazole rings is 1. The molecule has 4 nitrogen and oxygen atoms in total. The van der Waals surface area contributed by atoms with E-state index in [-0.39, 0.29) is 0 Å². The highest BCUT2D eigenvalue weighted by Gasteiger charge is 2.04. The lowest BCUT2D eigenvalue weighted by Gasteiger charge is -2.12. The Morgan fingerprint density at radius 1 is 1.47 bits per heavy atom. The molecule has 0 aromatic carbocycles. The Bertz CT molecular complexity index is 299. The van der Waals surface area contributed by atoms with Crippen molar-refractivity contribution in [1.82, 2.24) is 9.55 Å². The van der Waals surface area contributed by atoms with Crippen molar-refractivity contribution in [2.45, 2.75) is 40.2 Å². The standard InChI is InChI=1S/C13H25N3O/c1-4-12(3)11-15-13-14-7-9-16(13)8-6-10-17-5-2/h7,9,12H,4-6,8,10-11H2,1-3H3,(H,14,15). The second-order valence-corrected chi connectivity index (χ2v) is 4.39. The third-order valence-corrected chi connectivity index (χ3v) is 2.91. The van der Waals surface area contributed by atoms with E-state index in [1.165, 1.54) is 6.42 Å². The maximum absolute atomic E-state index is 5.33. The van der Waals surface area contributed by atoms with Gasteiger partial charge in [0.1, 0.15) is 0 Å². The van der Waals surface area contributed by atoms with Gasteiger partial charge in [-0.15, -0.1) is 0 Å². The average Bonchev–Trinajstić information content (AvgIpc) is 2.79. The fourth-order valence-corrected chi connectivity index (χ4v) is 1.55. The molecular formula is C13H25N3O. The normalized spacial score (nSPS) is 12.6. The summed E-state index contributed by atoms with van der Waals surface area (Å²) in [6, 6.07) is 0. The number of nitrogens with one attached hydrogen (secondary N) is 1. The average molecular weight is 239 g/mol. The van der Waals surface area contributed by atoms with E-state index in [9.17, 15) is 0 Å². The molecule has 1 N–H and O–H groups in total. The van der Waals surface area contributed by atoms with E-state index in [0.29, 0.717) is 5.92 Å². The molecule has 17 heavy (non-hydrogen) atoms. The van der Waals surface area contributed by atoms with Crippen molar-refractivity contribution < 1.29 is 4.74 Å². The Balaban J connectivity index is 2.32. The number of hydrogen-bond acceptors (Lipinski definition) is 3. The molecule has 0 aliphatic rings. The molecule has 1 atom stereocenters. The summed E-state index contributed by atoms with van der Waals surface area (Å²) in [5, 5.41) is 3.40. The molecule has 0 fully saturated rings. The van der Waals surface area contributed by atoms with E-state index in [2.05, 4.69) is 28.7 Å². The molecule has 0 aliphatic carbocycles. The van der Waals surface area contributed by atoms with Crippen LogP contribution in [0.5, 0.6) is 0 Å². The quantitative estimate of drug-likeness (QED) is 0.673. The predicted molar refractivity (Wildman–Crippen MR) is 71.3 cm³/mol. The summed E-state index contributed by atoms with van der Waals surface area (Å²) in [5.41, 5.74) is 0. The molecule has 1 aromatic rings. The highest BCUT2D eigenvalue weighted by molar-refractivity contribution is 5.25. The fourth-order valence-electron chi connectivity index (χ4n) is 1.55. The van der Waals surface area contributed by atoms with Crippen LogP contribution in [0.4, 0.5) is 5.95 Å². The Hall–Kier alpha value is -1.03. The van der Waals surface area contributed by atoms with E-state index >= 15 is 0 Å². The van der Waals surface area contributed by atoms with Gasteiger partial charge in [0.15, 0.2) is 0 Å². The second-order valence-electron chi connectivity index (χ2n) is 4.39. The van der Waals surface area contributed by atoms with Crippen LogP contribution in [-0.4, -0.2) is 29.3 Å². The van der Waals surface area contributed by atoms with Crippen LogP contribution in [0, 0.1) is 5.92 Å². The molecule has 0 spiro atoms. The topological polar surface area (TPSA) is 39.1 Å². The number of rotatable bonds is 9. The fraction of sp³-hybridized carbons (Fsp3) is 0.769. The number of nitrogens with zero attached hydrogens (tertiary/aromatic N) is 2. The molecule has 4 heteroatoms. The summed E-state index contributed by atoms with van der Waals surface area (Å²) in [7, 11) is 0. The van der Waals surface area contributed by atoms with Gasteiger partial charge in [0, 0.05) is 38.7 Å². The predicted octanol–water partition coefficient (Wildman–Crippen LogP) is 2.77. The van der Waals surface area contributed by atoms with Crippen LogP contribution < -0.4 is 5.32 Å². The minimum Gasteiger partial charge on any atom is -0.382 e. The van der Waals surface area contributed by atoms with Crippen LogP contribution in [0.2, 0.25) is 0 Å². The Kier molecular flexibility index (Phi) is 6.70. The number of aromatic nitrogens is 2. The first-order chi connectivity index (χ1) is 8.27. The van der Waals surface area contributed by atoms with Crippen LogP contribution in [0.15, 0.2) is 12.4 Å². The van der Waals surface area contributed by atoms with Crippen molar-refractivity contribution in [3.05, 3.63) is 12.4 Å². The van der Waals surface area contributed by atoms with Gasteiger partial charge in [-0.3, -0.25) is 0 Å². The maximum atomic E-state index is 5.33. The van der Waals surface area contributed by atoms with Crippen LogP contribution in [-0.2, 0) is 11.3 Å². The van der Waals surface area contributed by atoms with Crippen LogP contribution in [0.1, 0.15) is 33.6 Å². The molecule has 0 radical (unpaired) electrons. The van der Waals surface area contributed by atoms with Gasteiger partial charge < -0.3 is 14.6 Å². The van der Waals surface area contributed by atoms with Gasteiger partial charge in [-0.05, 0) is 19.3 Å². The van der Waals surface area contributed by atoms with E-state index < -0.39 is 0 Å². The Morgan fingerprint density at radius 3 is 3.00 bits per heavy atom. The monoisotopic (exact) mass is 239 g/mol. The molecule has 1 rings (SSSR count). The van der Waals surface area contributed by atoms with Gasteiger partial charge in [0.05, 0.1) is 0 Å². The molecule has 0 aliphatic heterocycles. The van der Waals surface area contributed by atoms with Crippen molar-refractivity contribution in [2.75, 3.05) is 25.1 Å². The number of ether oxygens (including phenoxy) is 1. The van der Waals surface area contributed by atoms with Crippen molar-refractivity contribution in [3.8, 4) is 0 Å². The number of hydrogen-bond donors (Lipinski definition) is 1. The molecule has 1 unspecified atom stereocenters. The van der Waals surface area contributed by atoms with Crippen LogP contribution >= 0.6 is 0 Å². The highest BCUT2D eigenvalue weighted by Crippen LogP contribution is 2.08. The lowest BCUT2D eigenvalue weighted by Crippen LogP contribution is -2.14. The van der Waals surface area contributed by atoms with Crippen molar-refractivity contribution in [2.24, 2.45) is 5.92 Å². The third kappa shape index (κ3) is 5.22. The third-order valence-electron chi connectivity index (χ3n) is 2.91. The van der Waals surface area contributed by atoms with Gasteiger partial charge in [-0.2, -0.15) is 0 Å². The number of anilines is 1. The lowest BCUT2D eigenvalue weighted by molar-refractivity contribution is 0.142. The van der Waals surface area contributed by atoms with Crippen molar-refractivity contribution >= 4 is 5.95 Å². The summed E-state index contributed by atoms with van der Waals surface area (Å²) in [4.78, 5) is 4.33. The van der Waals surface area contributed by atoms with Gasteiger partial charge >= 0.3 is 0 Å². The molecule has 1 aromatic heterocycles. The largest absolute Gasteiger partial charge is 0.382 e. The minimum absolute atomic E-state index is 0.684. The van der Waals surface area contributed by atoms with Gasteiger partial charge in [-0.25, -0.2) is 4.98 Å². The molecule has 0 amide bonds. The second kappa shape index (κ2) is 8.12. The molecule has 0 saturated heterocycles. The van der Waals surface area contributed by atoms with E-state index in [0.717, 1.165) is 38.7 Å². The Labute approximate surface area is 104 Å². The summed E-state index contributed by atoms with van der Waals surface area (Å²) in [5.74, 6) is 1.66. The lowest BCUT2D eigenvalue weighted by atomic mass is 10.1. The SMILES string of the molecule is CCOCCCn1ccnc1NCC(C)CC. The van der Waals surface area contributed by atoms with Gasteiger partial charge in [0.2, 0.25) is 5.95 Å². The molecule has 98 valence electrons. The zero-order chi connectivity index (χ0) is 12.5. The van der Waals surface area contributed by atoms with Gasteiger partial charge in [0.25, 0.3) is 0 Å². The smallest absolute Gasteiger partial charge is 0.202 e. The summed E-state index contributed by atoms with van der Waals surface area (Å²) < 4.78 is 7.49. The van der Waals surface area contributed by atoms with Crippen molar-refractivity contribution in [3.63, 3.8) is 0 Å². The molecular weight excluding hydrogens is 214 g/mol. The zero-order valence-electron chi connectivity index (χ0n) is 11.3. The Morgan fingerprint density at radius 2 is 2.29 bits per heavy atom. The first-order valence-electron chi connectivity index (χ1n) is 6.60. The highest BCUT2D eigenvalue weighted by atomic mass is 16.5. The van der Waals surface area contributed by atoms with Crippen molar-refractivity contribution in [1.29, 1.82) is 0 Å². The van der Waals surface area contributed by atoms with E-state index in [1.807, 2.05) is 19.3 Å². The zero-order valence-corrected chi connectivity index (χ0v) is 11.3. The van der Waals surface area contributed by atoms with Crippen LogP contribution in [0.3, 0.4) is 0 Å². The molecule has 0 saturated carbocycles. The molecule has 0 bridgehead atoms. The summed E-state index contributed by atoms with van der Waals surface area (Å²) in [6.45, 7) is 10.0. The summed E-state index contributed by atoms with van der Waals surface area (Å²) >= 11 is 0. The minimum atomic E-state index is 0.684. The molecule has 1 heterocycles. The maximum Gasteiger partial charge on any atom is 0.202 e. The summed E-state index contributed by atoms with van der Waals surface area (Å²) in [6.07, 6.45) is 6.09.